The molecule has 0 spiro atoms. The summed E-state index contributed by atoms with van der Waals surface area (Å²) in [5, 5.41) is 10.7. The maximum atomic E-state index is 11.6. The summed E-state index contributed by atoms with van der Waals surface area (Å²) in [7, 11) is 0. The number of aliphatic carboxylic acids is 1. The lowest BCUT2D eigenvalue weighted by Gasteiger charge is -2.23. The lowest BCUT2D eigenvalue weighted by atomic mass is 9.91. The maximum absolute atomic E-state index is 11.6. The molecule has 2 saturated heterocycles. The van der Waals surface area contributed by atoms with Crippen LogP contribution in [0, 0.1) is 5.92 Å². The van der Waals surface area contributed by atoms with Gasteiger partial charge in [-0.05, 0) is 24.1 Å². The Hall–Kier alpha value is -1.85. The van der Waals surface area contributed by atoms with Crippen LogP contribution in [0.25, 0.3) is 10.9 Å². The zero-order chi connectivity index (χ0) is 14.4. The van der Waals surface area contributed by atoms with E-state index in [9.17, 15) is 9.90 Å². The molecule has 2 aliphatic heterocycles. The first-order chi connectivity index (χ1) is 10.2. The lowest BCUT2D eigenvalue weighted by molar-refractivity contribution is -0.161. The van der Waals surface area contributed by atoms with Gasteiger partial charge >= 0.3 is 5.97 Å². The molecule has 2 fully saturated rings. The minimum atomic E-state index is -0.980. The number of fused-ring (bicyclic) bond motifs is 2. The molecule has 2 aromatic rings. The molecule has 1 aromatic heterocycles. The summed E-state index contributed by atoms with van der Waals surface area (Å²) in [5.74, 6) is -0.701. The molecule has 0 amide bonds. The van der Waals surface area contributed by atoms with Crippen molar-refractivity contribution in [1.29, 1.82) is 0 Å². The number of hydrogen-bond acceptors (Lipinski definition) is 3. The van der Waals surface area contributed by atoms with Crippen molar-refractivity contribution >= 4 is 16.9 Å². The molecule has 0 aliphatic carbocycles. The second-order valence-corrected chi connectivity index (χ2v) is 6.05. The predicted molar refractivity (Wildman–Crippen MR) is 78.0 cm³/mol. The zero-order valence-electron chi connectivity index (χ0n) is 11.7. The summed E-state index contributed by atoms with van der Waals surface area (Å²) in [6, 6.07) is 8.28. The molecule has 0 bridgehead atoms. The number of carboxylic acids is 1. The molecule has 2 aliphatic rings. The van der Waals surface area contributed by atoms with Crippen LogP contribution in [0.2, 0.25) is 0 Å². The van der Waals surface area contributed by atoms with Crippen LogP contribution in [0.4, 0.5) is 0 Å². The third-order valence-corrected chi connectivity index (χ3v) is 4.86. The van der Waals surface area contributed by atoms with E-state index in [0.29, 0.717) is 13.2 Å². The summed E-state index contributed by atoms with van der Waals surface area (Å²) >= 11 is 0. The Morgan fingerprint density at radius 3 is 3.19 bits per heavy atom. The van der Waals surface area contributed by atoms with E-state index in [1.807, 2.05) is 12.3 Å². The fraction of sp³-hybridized carbons (Fsp3) is 0.438. The van der Waals surface area contributed by atoms with E-state index in [2.05, 4.69) is 28.1 Å². The molecular weight excluding hydrogens is 268 g/mol. The average Bonchev–Trinajstić information content (AvgIpc) is 3.11. The smallest absolute Gasteiger partial charge is 0.337 e. The van der Waals surface area contributed by atoms with Crippen molar-refractivity contribution in [2.24, 2.45) is 5.92 Å². The van der Waals surface area contributed by atoms with E-state index in [0.717, 1.165) is 25.0 Å². The van der Waals surface area contributed by atoms with Crippen LogP contribution in [0.15, 0.2) is 30.5 Å². The van der Waals surface area contributed by atoms with E-state index < -0.39 is 11.6 Å². The number of aromatic amines is 1. The number of aromatic nitrogens is 1. The van der Waals surface area contributed by atoms with Gasteiger partial charge in [0, 0.05) is 49.3 Å². The number of H-pyrrole nitrogens is 1. The summed E-state index contributed by atoms with van der Waals surface area (Å²) in [5.41, 5.74) is 1.37. The first kappa shape index (κ1) is 12.9. The molecule has 21 heavy (non-hydrogen) atoms. The fourth-order valence-electron chi connectivity index (χ4n) is 3.81. The van der Waals surface area contributed by atoms with Gasteiger partial charge in [0.25, 0.3) is 0 Å². The summed E-state index contributed by atoms with van der Waals surface area (Å²) in [4.78, 5) is 17.0. The molecule has 3 heterocycles. The van der Waals surface area contributed by atoms with Gasteiger partial charge in [0.1, 0.15) is 0 Å². The third-order valence-electron chi connectivity index (χ3n) is 4.86. The van der Waals surface area contributed by atoms with Gasteiger partial charge in [-0.25, -0.2) is 4.79 Å². The molecule has 5 nitrogen and oxygen atoms in total. The van der Waals surface area contributed by atoms with Crippen LogP contribution in [-0.4, -0.2) is 46.3 Å². The quantitative estimate of drug-likeness (QED) is 0.903. The minimum absolute atomic E-state index is 0.112. The van der Waals surface area contributed by atoms with Crippen molar-refractivity contribution < 1.29 is 14.6 Å². The number of carboxylic acid groups (broad SMARTS) is 1. The van der Waals surface area contributed by atoms with Gasteiger partial charge < -0.3 is 14.8 Å². The summed E-state index contributed by atoms with van der Waals surface area (Å²) in [6.45, 7) is 2.61. The normalized spacial score (nSPS) is 29.0. The number of ether oxygens (including phenoxy) is 1. The highest BCUT2D eigenvalue weighted by Crippen LogP contribution is 2.40. The lowest BCUT2D eigenvalue weighted by Crippen LogP contribution is -2.45. The van der Waals surface area contributed by atoms with Crippen LogP contribution in [0.1, 0.15) is 12.0 Å². The van der Waals surface area contributed by atoms with Crippen molar-refractivity contribution in [3.05, 3.63) is 36.0 Å². The topological polar surface area (TPSA) is 65.6 Å². The predicted octanol–water partition coefficient (Wildman–Crippen LogP) is 1.84. The van der Waals surface area contributed by atoms with Crippen molar-refractivity contribution in [3.8, 4) is 0 Å². The Morgan fingerprint density at radius 1 is 1.48 bits per heavy atom. The molecule has 0 unspecified atom stereocenters. The Bertz CT molecular complexity index is 696. The first-order valence-corrected chi connectivity index (χ1v) is 7.34. The van der Waals surface area contributed by atoms with Gasteiger partial charge in [-0.3, -0.25) is 4.90 Å². The molecule has 110 valence electrons. The molecule has 0 saturated carbocycles. The average molecular weight is 286 g/mol. The van der Waals surface area contributed by atoms with Gasteiger partial charge in [-0.15, -0.1) is 0 Å². The van der Waals surface area contributed by atoms with E-state index >= 15 is 0 Å². The number of benzene rings is 1. The van der Waals surface area contributed by atoms with Crippen LogP contribution in [-0.2, 0) is 16.1 Å². The summed E-state index contributed by atoms with van der Waals surface area (Å²) in [6.07, 6.45) is 2.78. The zero-order valence-corrected chi connectivity index (χ0v) is 11.7. The van der Waals surface area contributed by atoms with Crippen LogP contribution in [0.3, 0.4) is 0 Å². The van der Waals surface area contributed by atoms with Crippen molar-refractivity contribution in [2.45, 2.75) is 18.6 Å². The minimum Gasteiger partial charge on any atom is -0.479 e. The molecule has 0 radical (unpaired) electrons. The summed E-state index contributed by atoms with van der Waals surface area (Å²) < 4.78 is 5.62. The van der Waals surface area contributed by atoms with Crippen molar-refractivity contribution in [3.63, 3.8) is 0 Å². The molecule has 2 N–H and O–H groups in total. The number of likely N-dealkylation sites (tertiary alicyclic amines) is 1. The Labute approximate surface area is 122 Å². The highest BCUT2D eigenvalue weighted by atomic mass is 16.5. The number of hydrogen-bond donors (Lipinski definition) is 2. The molecule has 2 atom stereocenters. The standard InChI is InChI=1S/C16H18N2O3/c19-15(20)16-10-18(9-12(16)5-7-21-16)8-11-2-1-3-14-13(11)4-6-17-14/h1-4,6,12,17H,5,7-10H2,(H,19,20)/t12-,16+/m1/s1. The maximum Gasteiger partial charge on any atom is 0.337 e. The monoisotopic (exact) mass is 286 g/mol. The van der Waals surface area contributed by atoms with Gasteiger partial charge in [-0.1, -0.05) is 12.1 Å². The fourth-order valence-corrected chi connectivity index (χ4v) is 3.81. The van der Waals surface area contributed by atoms with Gasteiger partial charge in [-0.2, -0.15) is 0 Å². The Balaban J connectivity index is 1.59. The second-order valence-electron chi connectivity index (χ2n) is 6.05. The molecular formula is C16H18N2O3. The second kappa shape index (κ2) is 4.58. The number of nitrogens with zero attached hydrogens (tertiary/aromatic N) is 1. The van der Waals surface area contributed by atoms with Crippen molar-refractivity contribution in [2.75, 3.05) is 19.7 Å². The molecule has 5 heteroatoms. The van der Waals surface area contributed by atoms with Gasteiger partial charge in [0.05, 0.1) is 0 Å². The van der Waals surface area contributed by atoms with E-state index in [-0.39, 0.29) is 5.92 Å². The van der Waals surface area contributed by atoms with Crippen molar-refractivity contribution in [1.82, 2.24) is 9.88 Å². The van der Waals surface area contributed by atoms with Gasteiger partial charge in [0.15, 0.2) is 5.60 Å². The number of rotatable bonds is 3. The highest BCUT2D eigenvalue weighted by molar-refractivity contribution is 5.83. The van der Waals surface area contributed by atoms with E-state index in [4.69, 9.17) is 4.74 Å². The molecule has 4 rings (SSSR count). The largest absolute Gasteiger partial charge is 0.479 e. The third kappa shape index (κ3) is 1.88. The molecule has 1 aromatic carbocycles. The Morgan fingerprint density at radius 2 is 2.38 bits per heavy atom. The van der Waals surface area contributed by atoms with Crippen LogP contribution < -0.4 is 0 Å². The van der Waals surface area contributed by atoms with Crippen LogP contribution in [0.5, 0.6) is 0 Å². The highest BCUT2D eigenvalue weighted by Gasteiger charge is 2.56. The number of carbonyl (C=O) groups is 1. The van der Waals surface area contributed by atoms with Gasteiger partial charge in [0.2, 0.25) is 0 Å². The van der Waals surface area contributed by atoms with E-state index in [1.165, 1.54) is 10.9 Å². The van der Waals surface area contributed by atoms with E-state index in [1.54, 1.807) is 0 Å². The SMILES string of the molecule is O=C(O)[C@]12CN(Cc3cccc4[nH]ccc34)C[C@H]1CCO2. The van der Waals surface area contributed by atoms with Crippen LogP contribution >= 0.6 is 0 Å². The first-order valence-electron chi connectivity index (χ1n) is 7.34. The number of nitrogens with one attached hydrogen (secondary N) is 1. The Kier molecular flexibility index (Phi) is 2.80.